The molecule has 0 spiro atoms. The maximum absolute atomic E-state index is 12.7. The topological polar surface area (TPSA) is 73.9 Å². The van der Waals surface area contributed by atoms with E-state index in [2.05, 4.69) is 20.5 Å². The van der Waals surface area contributed by atoms with Gasteiger partial charge in [-0.25, -0.2) is 9.78 Å². The van der Waals surface area contributed by atoms with Crippen molar-refractivity contribution in [2.75, 3.05) is 11.9 Å². The number of nitrogens with one attached hydrogen (secondary N) is 2. The quantitative estimate of drug-likeness (QED) is 0.892. The molecule has 7 heteroatoms. The van der Waals surface area contributed by atoms with Gasteiger partial charge in [0.05, 0.1) is 11.9 Å². The number of carbonyl (C=O) groups excluding carboxylic acids is 1. The third-order valence-corrected chi connectivity index (χ3v) is 5.57. The molecule has 116 valence electrons. The van der Waals surface area contributed by atoms with Crippen LogP contribution in [0, 0.1) is 5.92 Å². The molecule has 2 amide bonds. The van der Waals surface area contributed by atoms with Crippen molar-refractivity contribution >= 4 is 23.1 Å². The molecule has 1 aliphatic carbocycles. The number of urea groups is 1. The van der Waals surface area contributed by atoms with Crippen LogP contribution in [0.25, 0.3) is 10.7 Å². The van der Waals surface area contributed by atoms with E-state index in [0.717, 1.165) is 30.1 Å². The fraction of sp³-hybridized carbons (Fsp3) is 0.533. The number of aromatic amines is 1. The van der Waals surface area contributed by atoms with Crippen molar-refractivity contribution in [3.05, 3.63) is 17.8 Å². The number of fused-ring (bicyclic) bond motifs is 1. The Bertz CT molecular complexity index is 653. The van der Waals surface area contributed by atoms with Crippen molar-refractivity contribution < 1.29 is 4.79 Å². The van der Waals surface area contributed by atoms with Gasteiger partial charge in [-0.2, -0.15) is 5.10 Å². The van der Waals surface area contributed by atoms with Gasteiger partial charge < -0.3 is 10.2 Å². The zero-order chi connectivity index (χ0) is 14.9. The minimum Gasteiger partial charge on any atom is -0.321 e. The minimum atomic E-state index is -0.00388. The number of thiazole rings is 1. The van der Waals surface area contributed by atoms with Crippen molar-refractivity contribution in [1.82, 2.24) is 20.1 Å². The molecule has 6 nitrogen and oxygen atoms in total. The molecule has 2 fully saturated rings. The van der Waals surface area contributed by atoms with E-state index >= 15 is 0 Å². The highest BCUT2D eigenvalue weighted by Crippen LogP contribution is 2.37. The lowest BCUT2D eigenvalue weighted by molar-refractivity contribution is 0.138. The summed E-state index contributed by atoms with van der Waals surface area (Å²) in [5.41, 5.74) is 1.49. The Morgan fingerprint density at radius 2 is 2.27 bits per heavy atom. The van der Waals surface area contributed by atoms with Crippen molar-refractivity contribution in [2.24, 2.45) is 5.92 Å². The molecule has 3 heterocycles. The Morgan fingerprint density at radius 1 is 1.36 bits per heavy atom. The number of likely N-dealkylation sites (tertiary alicyclic amines) is 1. The number of hydrogen-bond donors (Lipinski definition) is 2. The second-order valence-corrected chi connectivity index (χ2v) is 6.91. The monoisotopic (exact) mass is 317 g/mol. The van der Waals surface area contributed by atoms with Crippen molar-refractivity contribution in [1.29, 1.82) is 0 Å². The zero-order valence-electron chi connectivity index (χ0n) is 12.3. The Morgan fingerprint density at radius 3 is 3.14 bits per heavy atom. The van der Waals surface area contributed by atoms with Crippen LogP contribution < -0.4 is 5.32 Å². The van der Waals surface area contributed by atoms with Gasteiger partial charge in [-0.1, -0.05) is 6.42 Å². The van der Waals surface area contributed by atoms with E-state index in [-0.39, 0.29) is 6.03 Å². The minimum absolute atomic E-state index is 0.00388. The number of H-pyrrole nitrogens is 1. The molecule has 22 heavy (non-hydrogen) atoms. The second-order valence-electron chi connectivity index (χ2n) is 6.02. The fourth-order valence-electron chi connectivity index (χ4n) is 3.78. The number of aromatic nitrogens is 3. The molecule has 2 aliphatic rings. The molecule has 0 bridgehead atoms. The van der Waals surface area contributed by atoms with Crippen molar-refractivity contribution in [2.45, 2.75) is 38.1 Å². The first-order valence-corrected chi connectivity index (χ1v) is 8.72. The summed E-state index contributed by atoms with van der Waals surface area (Å²) in [6.07, 6.45) is 9.44. The van der Waals surface area contributed by atoms with Crippen molar-refractivity contribution in [3.8, 4) is 10.7 Å². The lowest BCUT2D eigenvalue weighted by Crippen LogP contribution is -2.48. The van der Waals surface area contributed by atoms with E-state index in [9.17, 15) is 4.79 Å². The number of piperidine rings is 1. The van der Waals surface area contributed by atoms with Crippen LogP contribution >= 0.6 is 11.3 Å². The molecule has 1 saturated carbocycles. The van der Waals surface area contributed by atoms with Crippen LogP contribution in [-0.2, 0) is 0 Å². The van der Waals surface area contributed by atoms with Gasteiger partial charge in [0.1, 0.15) is 10.7 Å². The second kappa shape index (κ2) is 5.72. The van der Waals surface area contributed by atoms with Crippen LogP contribution in [0.15, 0.2) is 17.8 Å². The zero-order valence-corrected chi connectivity index (χ0v) is 13.1. The summed E-state index contributed by atoms with van der Waals surface area (Å²) in [5.74, 6) is 0.697. The Kier molecular flexibility index (Phi) is 3.57. The van der Waals surface area contributed by atoms with Gasteiger partial charge in [-0.3, -0.25) is 5.10 Å². The molecule has 2 aromatic rings. The summed E-state index contributed by atoms with van der Waals surface area (Å²) < 4.78 is 0. The molecule has 2 unspecified atom stereocenters. The Balaban J connectivity index is 1.52. The first-order valence-electron chi connectivity index (χ1n) is 7.84. The standard InChI is InChI=1S/C15H19N5OS/c21-15(20-7-2-4-10-3-1-5-12(10)20)18-11-9-17-19-13(11)14-16-6-8-22-14/h6,8-10,12H,1-5,7H2,(H,17,19)(H,18,21). The van der Waals surface area contributed by atoms with Crippen LogP contribution in [0.5, 0.6) is 0 Å². The fourth-order valence-corrected chi connectivity index (χ4v) is 4.43. The highest BCUT2D eigenvalue weighted by molar-refractivity contribution is 7.13. The van der Waals surface area contributed by atoms with Gasteiger partial charge >= 0.3 is 6.03 Å². The van der Waals surface area contributed by atoms with Crippen LogP contribution in [0.1, 0.15) is 32.1 Å². The predicted molar refractivity (Wildman–Crippen MR) is 85.8 cm³/mol. The number of anilines is 1. The first kappa shape index (κ1) is 13.8. The van der Waals surface area contributed by atoms with Gasteiger partial charge in [-0.15, -0.1) is 11.3 Å². The van der Waals surface area contributed by atoms with Gasteiger partial charge in [-0.05, 0) is 31.6 Å². The molecule has 2 aromatic heterocycles. The summed E-state index contributed by atoms with van der Waals surface area (Å²) in [4.78, 5) is 19.0. The summed E-state index contributed by atoms with van der Waals surface area (Å²) >= 11 is 1.53. The SMILES string of the molecule is O=C(Nc1cn[nH]c1-c1nccs1)N1CCCC2CCCC21. The summed E-state index contributed by atoms with van der Waals surface area (Å²) in [7, 11) is 0. The molecule has 2 atom stereocenters. The molecule has 1 saturated heterocycles. The van der Waals surface area contributed by atoms with Crippen LogP contribution in [0.4, 0.5) is 10.5 Å². The molecule has 2 N–H and O–H groups in total. The smallest absolute Gasteiger partial charge is 0.321 e. The van der Waals surface area contributed by atoms with Gasteiger partial charge in [0.25, 0.3) is 0 Å². The van der Waals surface area contributed by atoms with E-state index in [0.29, 0.717) is 17.6 Å². The van der Waals surface area contributed by atoms with Gasteiger partial charge in [0.15, 0.2) is 0 Å². The van der Waals surface area contributed by atoms with Crippen LogP contribution in [0.2, 0.25) is 0 Å². The maximum atomic E-state index is 12.7. The number of nitrogens with zero attached hydrogens (tertiary/aromatic N) is 3. The highest BCUT2D eigenvalue weighted by atomic mass is 32.1. The predicted octanol–water partition coefficient (Wildman–Crippen LogP) is 3.33. The van der Waals surface area contributed by atoms with E-state index < -0.39 is 0 Å². The Labute approximate surface area is 132 Å². The van der Waals surface area contributed by atoms with E-state index in [1.807, 2.05) is 10.3 Å². The number of rotatable bonds is 2. The normalized spacial score (nSPS) is 24.3. The lowest BCUT2D eigenvalue weighted by atomic mass is 9.92. The summed E-state index contributed by atoms with van der Waals surface area (Å²) in [6, 6.07) is 0.416. The third kappa shape index (κ3) is 2.39. The molecule has 0 aromatic carbocycles. The van der Waals surface area contributed by atoms with Gasteiger partial charge in [0, 0.05) is 24.2 Å². The molecule has 0 radical (unpaired) electrons. The largest absolute Gasteiger partial charge is 0.322 e. The molecule has 4 rings (SSSR count). The molecule has 1 aliphatic heterocycles. The van der Waals surface area contributed by atoms with Crippen molar-refractivity contribution in [3.63, 3.8) is 0 Å². The number of hydrogen-bond acceptors (Lipinski definition) is 4. The highest BCUT2D eigenvalue weighted by Gasteiger charge is 2.37. The number of carbonyl (C=O) groups is 1. The van der Waals surface area contributed by atoms with E-state index in [1.165, 1.54) is 30.6 Å². The number of amides is 2. The van der Waals surface area contributed by atoms with Crippen LogP contribution in [-0.4, -0.2) is 38.7 Å². The van der Waals surface area contributed by atoms with E-state index in [4.69, 9.17) is 0 Å². The maximum Gasteiger partial charge on any atom is 0.322 e. The first-order chi connectivity index (χ1) is 10.8. The Hall–Kier alpha value is -1.89. The average Bonchev–Trinajstić information content (AvgIpc) is 3.27. The van der Waals surface area contributed by atoms with E-state index in [1.54, 1.807) is 12.4 Å². The summed E-state index contributed by atoms with van der Waals surface area (Å²) in [6.45, 7) is 0.859. The third-order valence-electron chi connectivity index (χ3n) is 4.78. The average molecular weight is 317 g/mol. The lowest BCUT2D eigenvalue weighted by Gasteiger charge is -2.37. The van der Waals surface area contributed by atoms with Gasteiger partial charge in [0.2, 0.25) is 0 Å². The molecular formula is C15H19N5OS. The van der Waals surface area contributed by atoms with Crippen LogP contribution in [0.3, 0.4) is 0 Å². The molecular weight excluding hydrogens is 298 g/mol. The summed E-state index contributed by atoms with van der Waals surface area (Å²) in [5, 5.41) is 12.8.